The topological polar surface area (TPSA) is 45.9 Å². The third kappa shape index (κ3) is 3.55. The molecule has 0 saturated carbocycles. The van der Waals surface area contributed by atoms with Crippen LogP contribution < -0.4 is 4.74 Å². The molecule has 8 heteroatoms. The molecule has 0 bridgehead atoms. The molecule has 1 aromatic rings. The highest BCUT2D eigenvalue weighted by Gasteiger charge is 2.32. The summed E-state index contributed by atoms with van der Waals surface area (Å²) in [6.45, 7) is 1.20. The van der Waals surface area contributed by atoms with Gasteiger partial charge in [-0.2, -0.15) is 5.26 Å². The van der Waals surface area contributed by atoms with Crippen molar-refractivity contribution in [1.29, 1.82) is 5.26 Å². The lowest BCUT2D eigenvalue weighted by molar-refractivity contribution is -0.276. The van der Waals surface area contributed by atoms with Crippen LogP contribution in [0.1, 0.15) is 23.2 Å². The van der Waals surface area contributed by atoms with Crippen LogP contribution in [0.5, 0.6) is 5.88 Å². The highest BCUT2D eigenvalue weighted by molar-refractivity contribution is 5.36. The third-order valence-electron chi connectivity index (χ3n) is 2.01. The van der Waals surface area contributed by atoms with E-state index < -0.39 is 36.3 Å². The van der Waals surface area contributed by atoms with Crippen LogP contribution in [-0.4, -0.2) is 11.3 Å². The summed E-state index contributed by atoms with van der Waals surface area (Å²) >= 11 is 0. The molecule has 1 rings (SSSR count). The van der Waals surface area contributed by atoms with Gasteiger partial charge in [-0.05, 0) is 12.5 Å². The molecular formula is C10H7F5N2O. The Morgan fingerprint density at radius 3 is 2.50 bits per heavy atom. The zero-order valence-corrected chi connectivity index (χ0v) is 9.05. The molecule has 0 aromatic carbocycles. The van der Waals surface area contributed by atoms with Crippen molar-refractivity contribution in [3.05, 3.63) is 22.9 Å². The van der Waals surface area contributed by atoms with Gasteiger partial charge in [0.15, 0.2) is 0 Å². The van der Waals surface area contributed by atoms with E-state index in [-0.39, 0.29) is 5.56 Å². The Morgan fingerprint density at radius 2 is 2.06 bits per heavy atom. The molecule has 3 nitrogen and oxygen atoms in total. The van der Waals surface area contributed by atoms with Gasteiger partial charge in [0.2, 0.25) is 5.88 Å². The van der Waals surface area contributed by atoms with E-state index in [0.29, 0.717) is 0 Å². The van der Waals surface area contributed by atoms with Crippen molar-refractivity contribution in [2.24, 2.45) is 0 Å². The first kappa shape index (κ1) is 14.2. The summed E-state index contributed by atoms with van der Waals surface area (Å²) in [5.41, 5.74) is -1.05. The van der Waals surface area contributed by atoms with E-state index in [9.17, 15) is 22.0 Å². The third-order valence-corrected chi connectivity index (χ3v) is 2.01. The first-order valence-electron chi connectivity index (χ1n) is 4.66. The van der Waals surface area contributed by atoms with E-state index in [1.54, 1.807) is 6.07 Å². The molecule has 0 fully saturated rings. The SMILES string of the molecule is Cc1cc(OC(F)(F)F)nc(CC#N)c1C(F)F. The zero-order chi connectivity index (χ0) is 13.9. The maximum Gasteiger partial charge on any atom is 0.574 e. The molecule has 0 aliphatic rings. The molecule has 98 valence electrons. The number of aryl methyl sites for hydroxylation is 1. The summed E-state index contributed by atoms with van der Waals surface area (Å²) in [4.78, 5) is 3.29. The van der Waals surface area contributed by atoms with Crippen molar-refractivity contribution in [3.63, 3.8) is 0 Å². The monoisotopic (exact) mass is 266 g/mol. The predicted octanol–water partition coefficient (Wildman–Crippen LogP) is 3.29. The molecule has 0 aliphatic heterocycles. The van der Waals surface area contributed by atoms with Crippen LogP contribution in [0.2, 0.25) is 0 Å². The Kier molecular flexibility index (Phi) is 4.06. The average molecular weight is 266 g/mol. The van der Waals surface area contributed by atoms with Crippen LogP contribution in [0.15, 0.2) is 6.07 Å². The summed E-state index contributed by atoms with van der Waals surface area (Å²) < 4.78 is 64.8. The Labute approximate surface area is 98.8 Å². The van der Waals surface area contributed by atoms with Gasteiger partial charge in [-0.25, -0.2) is 13.8 Å². The number of pyridine rings is 1. The van der Waals surface area contributed by atoms with Gasteiger partial charge in [-0.15, -0.1) is 13.2 Å². The lowest BCUT2D eigenvalue weighted by Gasteiger charge is -2.13. The van der Waals surface area contributed by atoms with E-state index in [0.717, 1.165) is 6.07 Å². The Morgan fingerprint density at radius 1 is 1.44 bits per heavy atom. The van der Waals surface area contributed by atoms with Crippen LogP contribution in [-0.2, 0) is 6.42 Å². The molecule has 0 unspecified atom stereocenters. The van der Waals surface area contributed by atoms with Gasteiger partial charge in [0.05, 0.1) is 18.2 Å². The lowest BCUT2D eigenvalue weighted by Crippen LogP contribution is -2.19. The Hall–Kier alpha value is -1.91. The van der Waals surface area contributed by atoms with Crippen molar-refractivity contribution in [1.82, 2.24) is 4.98 Å². The summed E-state index contributed by atoms with van der Waals surface area (Å²) in [5, 5.41) is 8.44. The first-order chi connectivity index (χ1) is 8.24. The molecule has 1 heterocycles. The first-order valence-corrected chi connectivity index (χ1v) is 4.66. The number of hydrogen-bond acceptors (Lipinski definition) is 3. The average Bonchev–Trinajstić information content (AvgIpc) is 2.13. The second kappa shape index (κ2) is 5.16. The van der Waals surface area contributed by atoms with Gasteiger partial charge in [0.25, 0.3) is 6.43 Å². The fourth-order valence-electron chi connectivity index (χ4n) is 1.39. The van der Waals surface area contributed by atoms with Gasteiger partial charge < -0.3 is 4.74 Å². The van der Waals surface area contributed by atoms with Crippen LogP contribution in [0.3, 0.4) is 0 Å². The molecule has 0 radical (unpaired) electrons. The maximum absolute atomic E-state index is 12.7. The van der Waals surface area contributed by atoms with Gasteiger partial charge in [0.1, 0.15) is 0 Å². The highest BCUT2D eigenvalue weighted by Crippen LogP contribution is 2.30. The maximum atomic E-state index is 12.7. The fourth-order valence-corrected chi connectivity index (χ4v) is 1.39. The van der Waals surface area contributed by atoms with Crippen molar-refractivity contribution in [2.45, 2.75) is 26.1 Å². The fraction of sp³-hybridized carbons (Fsp3) is 0.400. The van der Waals surface area contributed by atoms with Crippen molar-refractivity contribution in [3.8, 4) is 11.9 Å². The van der Waals surface area contributed by atoms with Gasteiger partial charge in [-0.1, -0.05) is 0 Å². The number of alkyl halides is 5. The van der Waals surface area contributed by atoms with E-state index in [4.69, 9.17) is 5.26 Å². The number of rotatable bonds is 3. The molecule has 0 aliphatic carbocycles. The molecule has 0 amide bonds. The minimum atomic E-state index is -4.96. The smallest absolute Gasteiger partial charge is 0.388 e. The van der Waals surface area contributed by atoms with Crippen molar-refractivity contribution in [2.75, 3.05) is 0 Å². The van der Waals surface area contributed by atoms with Gasteiger partial charge >= 0.3 is 6.36 Å². The zero-order valence-electron chi connectivity index (χ0n) is 9.05. The second-order valence-electron chi connectivity index (χ2n) is 3.32. The van der Waals surface area contributed by atoms with Crippen molar-refractivity contribution >= 4 is 0 Å². The van der Waals surface area contributed by atoms with E-state index >= 15 is 0 Å². The number of nitrogens with zero attached hydrogens (tertiary/aromatic N) is 2. The molecule has 0 atom stereocenters. The predicted molar refractivity (Wildman–Crippen MR) is 49.9 cm³/mol. The van der Waals surface area contributed by atoms with E-state index in [1.807, 2.05) is 0 Å². The quantitative estimate of drug-likeness (QED) is 0.788. The summed E-state index contributed by atoms with van der Waals surface area (Å²) in [6.07, 6.45) is -8.40. The summed E-state index contributed by atoms with van der Waals surface area (Å²) in [7, 11) is 0. The normalized spacial score (nSPS) is 11.4. The Balaban J connectivity index is 3.24. The van der Waals surface area contributed by atoms with E-state index in [1.165, 1.54) is 6.92 Å². The van der Waals surface area contributed by atoms with Crippen LogP contribution in [0, 0.1) is 18.3 Å². The summed E-state index contributed by atoms with van der Waals surface area (Å²) in [5.74, 6) is -0.852. The second-order valence-corrected chi connectivity index (χ2v) is 3.32. The van der Waals surface area contributed by atoms with Crippen LogP contribution >= 0.6 is 0 Å². The van der Waals surface area contributed by atoms with Crippen LogP contribution in [0.4, 0.5) is 22.0 Å². The van der Waals surface area contributed by atoms with E-state index in [2.05, 4.69) is 9.72 Å². The minimum Gasteiger partial charge on any atom is -0.388 e. The molecule has 0 saturated heterocycles. The summed E-state index contributed by atoms with van der Waals surface area (Å²) in [6, 6.07) is 2.32. The minimum absolute atomic E-state index is 0.107. The highest BCUT2D eigenvalue weighted by atomic mass is 19.4. The standard InChI is InChI=1S/C10H7F5N2O/c1-5-4-7(18-10(13,14)15)17-6(2-3-16)8(5)9(11)12/h4,9H,2H2,1H3. The van der Waals surface area contributed by atoms with Crippen molar-refractivity contribution < 1.29 is 26.7 Å². The van der Waals surface area contributed by atoms with Gasteiger partial charge in [0, 0.05) is 11.6 Å². The molecular weight excluding hydrogens is 259 g/mol. The molecule has 0 spiro atoms. The lowest BCUT2D eigenvalue weighted by atomic mass is 10.1. The molecule has 1 aromatic heterocycles. The van der Waals surface area contributed by atoms with Crippen LogP contribution in [0.25, 0.3) is 0 Å². The number of hydrogen-bond donors (Lipinski definition) is 0. The Bertz CT molecular complexity index is 478. The number of ether oxygens (including phenoxy) is 1. The number of nitriles is 1. The number of halogens is 5. The largest absolute Gasteiger partial charge is 0.574 e. The van der Waals surface area contributed by atoms with Gasteiger partial charge in [-0.3, -0.25) is 0 Å². The molecule has 18 heavy (non-hydrogen) atoms. The number of aromatic nitrogens is 1. The molecule has 0 N–H and O–H groups in total.